The standard InChI is InChI=1S/C20H32N4O3S/c1-4-14-27-19-9-7-6-8-18(19)16-23-20(21-5-2)22-15-17-10-12-24(13-11-17)28(3,25)26/h4,6-9,17H,1,5,10-16H2,2-3H3,(H2,21,22,23). The quantitative estimate of drug-likeness (QED) is 0.371. The average molecular weight is 409 g/mol. The number of sulfonamides is 1. The van der Waals surface area contributed by atoms with E-state index in [1.165, 1.54) is 6.26 Å². The molecule has 0 unspecified atom stereocenters. The van der Waals surface area contributed by atoms with Gasteiger partial charge in [0.15, 0.2) is 5.96 Å². The molecule has 28 heavy (non-hydrogen) atoms. The summed E-state index contributed by atoms with van der Waals surface area (Å²) in [7, 11) is -3.08. The van der Waals surface area contributed by atoms with Gasteiger partial charge in [0.05, 0.1) is 12.8 Å². The molecule has 0 bridgehead atoms. The van der Waals surface area contributed by atoms with Crippen LogP contribution in [-0.4, -0.2) is 57.7 Å². The van der Waals surface area contributed by atoms with Gasteiger partial charge in [0.25, 0.3) is 0 Å². The largest absolute Gasteiger partial charge is 0.489 e. The summed E-state index contributed by atoms with van der Waals surface area (Å²) in [5.74, 6) is 2.01. The lowest BCUT2D eigenvalue weighted by Crippen LogP contribution is -2.44. The summed E-state index contributed by atoms with van der Waals surface area (Å²) in [6.07, 6.45) is 4.72. The van der Waals surface area contributed by atoms with E-state index < -0.39 is 10.0 Å². The molecule has 1 saturated heterocycles. The third-order valence-corrected chi connectivity index (χ3v) is 5.98. The Morgan fingerprint density at radius 1 is 1.32 bits per heavy atom. The van der Waals surface area contributed by atoms with E-state index in [-0.39, 0.29) is 0 Å². The van der Waals surface area contributed by atoms with Crippen molar-refractivity contribution in [2.75, 3.05) is 39.0 Å². The Hall–Kier alpha value is -2.06. The van der Waals surface area contributed by atoms with Gasteiger partial charge in [-0.15, -0.1) is 0 Å². The first-order valence-corrected chi connectivity index (χ1v) is 11.6. The molecule has 2 rings (SSSR count). The van der Waals surface area contributed by atoms with Crippen LogP contribution in [-0.2, 0) is 16.6 Å². The fourth-order valence-electron chi connectivity index (χ4n) is 3.12. The van der Waals surface area contributed by atoms with E-state index in [1.54, 1.807) is 10.4 Å². The van der Waals surface area contributed by atoms with Crippen molar-refractivity contribution in [3.63, 3.8) is 0 Å². The van der Waals surface area contributed by atoms with Gasteiger partial charge in [0.2, 0.25) is 10.0 Å². The Morgan fingerprint density at radius 2 is 2.04 bits per heavy atom. The number of para-hydroxylation sites is 1. The molecule has 0 atom stereocenters. The number of ether oxygens (including phenoxy) is 1. The lowest BCUT2D eigenvalue weighted by Gasteiger charge is -2.30. The van der Waals surface area contributed by atoms with Gasteiger partial charge in [-0.1, -0.05) is 30.9 Å². The van der Waals surface area contributed by atoms with E-state index in [0.717, 1.165) is 43.2 Å². The highest BCUT2D eigenvalue weighted by Gasteiger charge is 2.24. The molecular formula is C20H32N4O3S. The van der Waals surface area contributed by atoms with Crippen molar-refractivity contribution in [1.29, 1.82) is 0 Å². The molecular weight excluding hydrogens is 376 g/mol. The van der Waals surface area contributed by atoms with Crippen LogP contribution in [0.2, 0.25) is 0 Å². The lowest BCUT2D eigenvalue weighted by atomic mass is 9.98. The number of nitrogens with one attached hydrogen (secondary N) is 2. The minimum atomic E-state index is -3.08. The number of aliphatic imine (C=N–C) groups is 1. The molecule has 156 valence electrons. The minimum Gasteiger partial charge on any atom is -0.489 e. The zero-order valence-corrected chi connectivity index (χ0v) is 17.7. The SMILES string of the molecule is C=CCOc1ccccc1CN=C(NCC)NCC1CCN(S(C)(=O)=O)CC1. The molecule has 1 aliphatic rings. The summed E-state index contributed by atoms with van der Waals surface area (Å²) in [4.78, 5) is 4.67. The molecule has 7 nitrogen and oxygen atoms in total. The van der Waals surface area contributed by atoms with Crippen LogP contribution < -0.4 is 15.4 Å². The predicted molar refractivity (Wildman–Crippen MR) is 114 cm³/mol. The summed E-state index contributed by atoms with van der Waals surface area (Å²) in [5.41, 5.74) is 1.02. The monoisotopic (exact) mass is 408 g/mol. The highest BCUT2D eigenvalue weighted by atomic mass is 32.2. The van der Waals surface area contributed by atoms with Crippen LogP contribution in [0.1, 0.15) is 25.3 Å². The van der Waals surface area contributed by atoms with Crippen LogP contribution in [0.3, 0.4) is 0 Å². The van der Waals surface area contributed by atoms with Crippen molar-refractivity contribution in [2.45, 2.75) is 26.3 Å². The Balaban J connectivity index is 1.90. The molecule has 0 aromatic heterocycles. The molecule has 1 aliphatic heterocycles. The maximum absolute atomic E-state index is 11.6. The average Bonchev–Trinajstić information content (AvgIpc) is 2.68. The molecule has 1 aromatic carbocycles. The molecule has 1 fully saturated rings. The third kappa shape index (κ3) is 7.16. The second-order valence-electron chi connectivity index (χ2n) is 6.89. The minimum absolute atomic E-state index is 0.435. The first-order chi connectivity index (χ1) is 13.4. The van der Waals surface area contributed by atoms with E-state index in [0.29, 0.717) is 32.2 Å². The van der Waals surface area contributed by atoms with Crippen LogP contribution in [0.25, 0.3) is 0 Å². The van der Waals surface area contributed by atoms with Crippen LogP contribution in [0.4, 0.5) is 0 Å². The topological polar surface area (TPSA) is 83.0 Å². The van der Waals surface area contributed by atoms with E-state index in [1.807, 2.05) is 31.2 Å². The van der Waals surface area contributed by atoms with Gasteiger partial charge in [0, 0.05) is 31.7 Å². The second-order valence-corrected chi connectivity index (χ2v) is 8.87. The number of hydrogen-bond acceptors (Lipinski definition) is 4. The smallest absolute Gasteiger partial charge is 0.211 e. The van der Waals surface area contributed by atoms with Crippen molar-refractivity contribution < 1.29 is 13.2 Å². The van der Waals surface area contributed by atoms with Gasteiger partial charge < -0.3 is 15.4 Å². The van der Waals surface area contributed by atoms with Crippen LogP contribution in [0.15, 0.2) is 41.9 Å². The predicted octanol–water partition coefficient (Wildman–Crippen LogP) is 1.98. The summed E-state index contributed by atoms with van der Waals surface area (Å²) in [6, 6.07) is 7.86. The van der Waals surface area contributed by atoms with Crippen molar-refractivity contribution >= 4 is 16.0 Å². The van der Waals surface area contributed by atoms with Gasteiger partial charge >= 0.3 is 0 Å². The third-order valence-electron chi connectivity index (χ3n) is 4.68. The van der Waals surface area contributed by atoms with Crippen molar-refractivity contribution in [1.82, 2.24) is 14.9 Å². The van der Waals surface area contributed by atoms with Crippen molar-refractivity contribution in [2.24, 2.45) is 10.9 Å². The van der Waals surface area contributed by atoms with Crippen LogP contribution >= 0.6 is 0 Å². The molecule has 0 saturated carbocycles. The van der Waals surface area contributed by atoms with Gasteiger partial charge in [0.1, 0.15) is 12.4 Å². The molecule has 1 aromatic rings. The molecule has 1 heterocycles. The van der Waals surface area contributed by atoms with Gasteiger partial charge in [-0.25, -0.2) is 17.7 Å². The first-order valence-electron chi connectivity index (χ1n) is 9.73. The highest BCUT2D eigenvalue weighted by Crippen LogP contribution is 2.20. The van der Waals surface area contributed by atoms with Crippen molar-refractivity contribution in [3.05, 3.63) is 42.5 Å². The molecule has 0 aliphatic carbocycles. The summed E-state index contributed by atoms with van der Waals surface area (Å²) in [6.45, 7) is 9.41. The van der Waals surface area contributed by atoms with Gasteiger partial charge in [-0.05, 0) is 31.7 Å². The normalized spacial score (nSPS) is 16.6. The number of guanidine groups is 1. The molecule has 2 N–H and O–H groups in total. The zero-order valence-electron chi connectivity index (χ0n) is 16.9. The first kappa shape index (κ1) is 22.2. The van der Waals surface area contributed by atoms with E-state index in [9.17, 15) is 8.42 Å². The maximum Gasteiger partial charge on any atom is 0.211 e. The highest BCUT2D eigenvalue weighted by molar-refractivity contribution is 7.88. The summed E-state index contributed by atoms with van der Waals surface area (Å²) >= 11 is 0. The fourth-order valence-corrected chi connectivity index (χ4v) is 3.99. The fraction of sp³-hybridized carbons (Fsp3) is 0.550. The Morgan fingerprint density at radius 3 is 2.68 bits per heavy atom. The molecule has 8 heteroatoms. The summed E-state index contributed by atoms with van der Waals surface area (Å²) < 4.78 is 30.5. The second kappa shape index (κ2) is 11.1. The molecule has 0 radical (unpaired) electrons. The Kier molecular flexibility index (Phi) is 8.79. The number of hydrogen-bond donors (Lipinski definition) is 2. The van der Waals surface area contributed by atoms with E-state index in [2.05, 4.69) is 22.2 Å². The zero-order chi connectivity index (χ0) is 20.4. The van der Waals surface area contributed by atoms with E-state index in [4.69, 9.17) is 4.74 Å². The maximum atomic E-state index is 11.6. The number of nitrogens with zero attached hydrogens (tertiary/aromatic N) is 2. The lowest BCUT2D eigenvalue weighted by molar-refractivity contribution is 0.275. The van der Waals surface area contributed by atoms with Crippen LogP contribution in [0.5, 0.6) is 5.75 Å². The number of rotatable bonds is 9. The van der Waals surface area contributed by atoms with Gasteiger partial charge in [-0.3, -0.25) is 0 Å². The molecule has 0 spiro atoms. The molecule has 0 amide bonds. The van der Waals surface area contributed by atoms with Crippen LogP contribution in [0, 0.1) is 5.92 Å². The Labute approximate surface area is 168 Å². The van der Waals surface area contributed by atoms with Gasteiger partial charge in [-0.2, -0.15) is 0 Å². The summed E-state index contributed by atoms with van der Waals surface area (Å²) in [5, 5.41) is 6.65. The number of piperidine rings is 1. The number of benzene rings is 1. The Bertz CT molecular complexity index is 756. The van der Waals surface area contributed by atoms with E-state index >= 15 is 0 Å². The van der Waals surface area contributed by atoms with Crippen molar-refractivity contribution in [3.8, 4) is 5.75 Å².